The van der Waals surface area contributed by atoms with Crippen LogP contribution in [0.4, 0.5) is 5.69 Å². The Morgan fingerprint density at radius 3 is 2.65 bits per heavy atom. The number of nitrogens with zero attached hydrogens (tertiary/aromatic N) is 2. The number of rotatable bonds is 3. The van der Waals surface area contributed by atoms with Gasteiger partial charge in [-0.3, -0.25) is 4.68 Å². The van der Waals surface area contributed by atoms with Crippen molar-refractivity contribution in [1.29, 1.82) is 0 Å². The van der Waals surface area contributed by atoms with Crippen LogP contribution in [0.5, 0.6) is 0 Å². The number of aromatic nitrogens is 2. The smallest absolute Gasteiger partial charge is 0.0663 e. The van der Waals surface area contributed by atoms with E-state index in [1.165, 1.54) is 16.8 Å². The molecule has 0 bridgehead atoms. The van der Waals surface area contributed by atoms with Gasteiger partial charge in [0.15, 0.2) is 0 Å². The monoisotopic (exact) mass is 229 g/mol. The maximum atomic E-state index is 5.78. The zero-order valence-corrected chi connectivity index (χ0v) is 10.7. The van der Waals surface area contributed by atoms with E-state index in [-0.39, 0.29) is 0 Å². The van der Waals surface area contributed by atoms with E-state index in [4.69, 9.17) is 5.73 Å². The van der Waals surface area contributed by atoms with Gasteiger partial charge in [0.25, 0.3) is 0 Å². The lowest BCUT2D eigenvalue weighted by atomic mass is 10.1. The summed E-state index contributed by atoms with van der Waals surface area (Å²) in [5, 5.41) is 4.58. The number of hydrogen-bond acceptors (Lipinski definition) is 2. The fourth-order valence-corrected chi connectivity index (χ4v) is 2.26. The Morgan fingerprint density at radius 1 is 1.29 bits per heavy atom. The Kier molecular flexibility index (Phi) is 3.18. The van der Waals surface area contributed by atoms with Crippen molar-refractivity contribution in [2.45, 2.75) is 33.7 Å². The van der Waals surface area contributed by atoms with E-state index in [2.05, 4.69) is 36.6 Å². The van der Waals surface area contributed by atoms with Crippen molar-refractivity contribution >= 4 is 5.69 Å². The molecule has 0 saturated heterocycles. The van der Waals surface area contributed by atoms with E-state index in [9.17, 15) is 0 Å². The van der Waals surface area contributed by atoms with E-state index < -0.39 is 0 Å². The zero-order chi connectivity index (χ0) is 12.4. The molecule has 90 valence electrons. The summed E-state index contributed by atoms with van der Waals surface area (Å²) in [4.78, 5) is 0. The van der Waals surface area contributed by atoms with Gasteiger partial charge in [-0.1, -0.05) is 19.1 Å². The van der Waals surface area contributed by atoms with E-state index in [1.807, 2.05) is 18.2 Å². The van der Waals surface area contributed by atoms with Crippen LogP contribution in [0.3, 0.4) is 0 Å². The average molecular weight is 229 g/mol. The Labute approximate surface area is 102 Å². The summed E-state index contributed by atoms with van der Waals surface area (Å²) in [6, 6.07) is 7.97. The van der Waals surface area contributed by atoms with Gasteiger partial charge in [0.2, 0.25) is 0 Å². The summed E-state index contributed by atoms with van der Waals surface area (Å²) in [6.45, 7) is 7.16. The lowest BCUT2D eigenvalue weighted by Gasteiger charge is -2.06. The number of benzene rings is 1. The molecule has 17 heavy (non-hydrogen) atoms. The fourth-order valence-electron chi connectivity index (χ4n) is 2.26. The number of anilines is 1. The molecule has 1 aromatic carbocycles. The third-order valence-electron chi connectivity index (χ3n) is 3.17. The van der Waals surface area contributed by atoms with Crippen LogP contribution in [-0.4, -0.2) is 9.78 Å². The first-order valence-corrected chi connectivity index (χ1v) is 5.99. The Hall–Kier alpha value is -1.77. The summed E-state index contributed by atoms with van der Waals surface area (Å²) in [6.07, 6.45) is 1.04. The molecule has 2 rings (SSSR count). The molecular weight excluding hydrogens is 210 g/mol. The highest BCUT2D eigenvalue weighted by Crippen LogP contribution is 2.16. The number of nitrogens with two attached hydrogens (primary N) is 1. The third kappa shape index (κ3) is 2.33. The lowest BCUT2D eigenvalue weighted by Crippen LogP contribution is -2.04. The van der Waals surface area contributed by atoms with Gasteiger partial charge >= 0.3 is 0 Å². The minimum absolute atomic E-state index is 0.789. The summed E-state index contributed by atoms with van der Waals surface area (Å²) in [7, 11) is 0. The van der Waals surface area contributed by atoms with Gasteiger partial charge in [0.05, 0.1) is 12.2 Å². The number of aryl methyl sites for hydroxylation is 1. The highest BCUT2D eigenvalue weighted by molar-refractivity contribution is 5.40. The van der Waals surface area contributed by atoms with Gasteiger partial charge in [0, 0.05) is 11.4 Å². The second kappa shape index (κ2) is 4.62. The molecule has 0 aliphatic rings. The Bertz CT molecular complexity index is 526. The second-order valence-corrected chi connectivity index (χ2v) is 4.41. The van der Waals surface area contributed by atoms with Crippen molar-refractivity contribution in [3.8, 4) is 0 Å². The van der Waals surface area contributed by atoms with Gasteiger partial charge in [-0.15, -0.1) is 0 Å². The maximum absolute atomic E-state index is 5.78. The minimum atomic E-state index is 0.789. The molecule has 0 radical (unpaired) electrons. The molecule has 2 aromatic rings. The highest BCUT2D eigenvalue weighted by atomic mass is 15.3. The van der Waals surface area contributed by atoms with Crippen molar-refractivity contribution in [3.05, 3.63) is 46.8 Å². The normalized spacial score (nSPS) is 10.8. The first-order valence-electron chi connectivity index (χ1n) is 5.99. The van der Waals surface area contributed by atoms with Gasteiger partial charge < -0.3 is 5.73 Å². The molecule has 1 aromatic heterocycles. The van der Waals surface area contributed by atoms with Crippen molar-refractivity contribution in [3.63, 3.8) is 0 Å². The summed E-state index contributed by atoms with van der Waals surface area (Å²) in [5.41, 5.74) is 11.5. The molecule has 2 N–H and O–H groups in total. The van der Waals surface area contributed by atoms with Crippen LogP contribution in [0, 0.1) is 13.8 Å². The molecule has 0 atom stereocenters. The standard InChI is InChI=1S/C14H19N3/c1-4-14-10(2)16-17(11(14)3)9-12-6-5-7-13(15)8-12/h5-8H,4,9,15H2,1-3H3. The molecule has 0 spiro atoms. The first kappa shape index (κ1) is 11.7. The quantitative estimate of drug-likeness (QED) is 0.822. The molecule has 0 fully saturated rings. The van der Waals surface area contributed by atoms with Gasteiger partial charge in [-0.05, 0) is 43.5 Å². The van der Waals surface area contributed by atoms with Crippen LogP contribution in [0.1, 0.15) is 29.4 Å². The molecule has 3 nitrogen and oxygen atoms in total. The van der Waals surface area contributed by atoms with E-state index >= 15 is 0 Å². The Morgan fingerprint density at radius 2 is 2.06 bits per heavy atom. The summed E-state index contributed by atoms with van der Waals surface area (Å²) >= 11 is 0. The predicted molar refractivity (Wildman–Crippen MR) is 71.0 cm³/mol. The topological polar surface area (TPSA) is 43.8 Å². The number of nitrogen functional groups attached to an aromatic ring is 1. The van der Waals surface area contributed by atoms with Crippen LogP contribution >= 0.6 is 0 Å². The highest BCUT2D eigenvalue weighted by Gasteiger charge is 2.09. The lowest BCUT2D eigenvalue weighted by molar-refractivity contribution is 0.658. The average Bonchev–Trinajstić information content (AvgIpc) is 2.54. The fraction of sp³-hybridized carbons (Fsp3) is 0.357. The van der Waals surface area contributed by atoms with Crippen LogP contribution in [0.15, 0.2) is 24.3 Å². The minimum Gasteiger partial charge on any atom is -0.399 e. The first-order chi connectivity index (χ1) is 8.11. The van der Waals surface area contributed by atoms with Crippen molar-refractivity contribution in [1.82, 2.24) is 9.78 Å². The Balaban J connectivity index is 2.30. The van der Waals surface area contributed by atoms with E-state index in [0.29, 0.717) is 0 Å². The molecule has 0 aliphatic heterocycles. The third-order valence-corrected chi connectivity index (χ3v) is 3.17. The van der Waals surface area contributed by atoms with Crippen LogP contribution in [0.25, 0.3) is 0 Å². The van der Waals surface area contributed by atoms with E-state index in [0.717, 1.165) is 24.3 Å². The number of hydrogen-bond donors (Lipinski definition) is 1. The van der Waals surface area contributed by atoms with Crippen molar-refractivity contribution in [2.75, 3.05) is 5.73 Å². The van der Waals surface area contributed by atoms with E-state index in [1.54, 1.807) is 0 Å². The zero-order valence-electron chi connectivity index (χ0n) is 10.7. The largest absolute Gasteiger partial charge is 0.399 e. The molecule has 0 unspecified atom stereocenters. The van der Waals surface area contributed by atoms with Crippen LogP contribution < -0.4 is 5.73 Å². The maximum Gasteiger partial charge on any atom is 0.0663 e. The summed E-state index contributed by atoms with van der Waals surface area (Å²) in [5.74, 6) is 0. The van der Waals surface area contributed by atoms with Gasteiger partial charge in [-0.25, -0.2) is 0 Å². The molecule has 0 aliphatic carbocycles. The summed E-state index contributed by atoms with van der Waals surface area (Å²) < 4.78 is 2.06. The molecular formula is C14H19N3. The molecule has 0 amide bonds. The van der Waals surface area contributed by atoms with Gasteiger partial charge in [0.1, 0.15) is 0 Å². The SMILES string of the molecule is CCc1c(C)nn(Cc2cccc(N)c2)c1C. The predicted octanol–water partition coefficient (Wildman–Crippen LogP) is 2.69. The van der Waals surface area contributed by atoms with Crippen molar-refractivity contribution < 1.29 is 0 Å². The van der Waals surface area contributed by atoms with Crippen LogP contribution in [-0.2, 0) is 13.0 Å². The molecule has 3 heteroatoms. The second-order valence-electron chi connectivity index (χ2n) is 4.41. The van der Waals surface area contributed by atoms with Crippen LogP contribution in [0.2, 0.25) is 0 Å². The van der Waals surface area contributed by atoms with Crippen molar-refractivity contribution in [2.24, 2.45) is 0 Å². The molecule has 1 heterocycles. The molecule has 0 saturated carbocycles. The van der Waals surface area contributed by atoms with Gasteiger partial charge in [-0.2, -0.15) is 5.10 Å².